The highest BCUT2D eigenvalue weighted by Crippen LogP contribution is 2.22. The third-order valence-electron chi connectivity index (χ3n) is 3.42. The van der Waals surface area contributed by atoms with Crippen molar-refractivity contribution in [3.05, 3.63) is 65.2 Å². The number of aromatic nitrogens is 1. The van der Waals surface area contributed by atoms with Crippen LogP contribution in [0.2, 0.25) is 0 Å². The van der Waals surface area contributed by atoms with Crippen molar-refractivity contribution in [3.63, 3.8) is 0 Å². The average molecular weight is 310 g/mol. The summed E-state index contributed by atoms with van der Waals surface area (Å²) in [5.41, 5.74) is 1.05. The van der Waals surface area contributed by atoms with Gasteiger partial charge in [-0.2, -0.15) is 0 Å². The second kappa shape index (κ2) is 7.38. The van der Waals surface area contributed by atoms with Crippen molar-refractivity contribution in [2.45, 2.75) is 25.4 Å². The minimum Gasteiger partial charge on any atom is -0.394 e. The Morgan fingerprint density at radius 2 is 1.95 bits per heavy atom. The van der Waals surface area contributed by atoms with Crippen LogP contribution in [0.5, 0.6) is 0 Å². The lowest BCUT2D eigenvalue weighted by Crippen LogP contribution is -2.27. The van der Waals surface area contributed by atoms with E-state index in [0.717, 1.165) is 0 Å². The van der Waals surface area contributed by atoms with Gasteiger partial charge in [-0.3, -0.25) is 4.98 Å². The van der Waals surface area contributed by atoms with Crippen LogP contribution >= 0.6 is 0 Å². The summed E-state index contributed by atoms with van der Waals surface area (Å²) in [6, 6.07) is 8.09. The molecule has 0 bridgehead atoms. The van der Waals surface area contributed by atoms with Crippen LogP contribution in [-0.4, -0.2) is 16.7 Å². The fraction of sp³-hybridized carbons (Fsp3) is 0.312. The lowest BCUT2D eigenvalue weighted by molar-refractivity contribution is 0.146. The summed E-state index contributed by atoms with van der Waals surface area (Å²) in [5.74, 6) is -0.381. The minimum atomic E-state index is -2.60. The molecule has 0 aliphatic carbocycles. The zero-order valence-corrected chi connectivity index (χ0v) is 12.0. The maximum Gasteiger partial charge on any atom is 0.280 e. The molecular formula is C16H17F3N2O. The Hall–Kier alpha value is -1.92. The fourth-order valence-electron chi connectivity index (χ4n) is 2.18. The van der Waals surface area contributed by atoms with E-state index < -0.39 is 12.5 Å². The molecule has 1 aromatic carbocycles. The van der Waals surface area contributed by atoms with Crippen LogP contribution in [0.1, 0.15) is 42.3 Å². The van der Waals surface area contributed by atoms with Crippen molar-refractivity contribution in [3.8, 4) is 0 Å². The van der Waals surface area contributed by atoms with Crippen molar-refractivity contribution < 1.29 is 18.3 Å². The number of benzene rings is 1. The Kier molecular flexibility index (Phi) is 5.51. The number of alkyl halides is 2. The highest BCUT2D eigenvalue weighted by molar-refractivity contribution is 5.22. The number of pyridine rings is 1. The van der Waals surface area contributed by atoms with Crippen molar-refractivity contribution in [1.29, 1.82) is 0 Å². The largest absolute Gasteiger partial charge is 0.394 e. The van der Waals surface area contributed by atoms with Crippen LogP contribution in [0, 0.1) is 5.82 Å². The number of nitrogens with one attached hydrogen (secondary N) is 1. The molecule has 6 heteroatoms. The monoisotopic (exact) mass is 310 g/mol. The van der Waals surface area contributed by atoms with E-state index in [1.807, 2.05) is 6.92 Å². The summed E-state index contributed by atoms with van der Waals surface area (Å²) in [4.78, 5) is 3.71. The fourth-order valence-corrected chi connectivity index (χ4v) is 2.18. The first kappa shape index (κ1) is 16.5. The molecule has 0 radical (unpaired) electrons. The first-order chi connectivity index (χ1) is 10.5. The van der Waals surface area contributed by atoms with Gasteiger partial charge in [0.1, 0.15) is 11.5 Å². The van der Waals surface area contributed by atoms with E-state index in [9.17, 15) is 18.3 Å². The topological polar surface area (TPSA) is 45.1 Å². The van der Waals surface area contributed by atoms with E-state index in [1.54, 1.807) is 18.2 Å². The van der Waals surface area contributed by atoms with Crippen LogP contribution in [0.15, 0.2) is 42.6 Å². The van der Waals surface area contributed by atoms with Gasteiger partial charge in [-0.25, -0.2) is 13.2 Å². The van der Waals surface area contributed by atoms with Crippen LogP contribution < -0.4 is 5.32 Å². The van der Waals surface area contributed by atoms with Crippen LogP contribution in [-0.2, 0) is 0 Å². The van der Waals surface area contributed by atoms with Gasteiger partial charge >= 0.3 is 0 Å². The number of hydrogen-bond acceptors (Lipinski definition) is 3. The van der Waals surface area contributed by atoms with Crippen LogP contribution in [0.25, 0.3) is 0 Å². The van der Waals surface area contributed by atoms with E-state index >= 15 is 0 Å². The highest BCUT2D eigenvalue weighted by atomic mass is 19.3. The van der Waals surface area contributed by atoms with Crippen molar-refractivity contribution in [2.24, 2.45) is 0 Å². The summed E-state index contributed by atoms with van der Waals surface area (Å²) in [7, 11) is 0. The predicted octanol–water partition coefficient (Wildman–Crippen LogP) is 3.54. The van der Waals surface area contributed by atoms with Gasteiger partial charge in [-0.1, -0.05) is 18.2 Å². The molecule has 2 N–H and O–H groups in total. The second-order valence-electron chi connectivity index (χ2n) is 5.00. The standard InChI is InChI=1S/C16H17F3N2O/c1-10(12-5-6-14(16(18)19)20-8-12)21-15(9-22)11-3-2-4-13(17)7-11/h2-8,10,15-16,21-22H,9H2,1H3. The number of aliphatic hydroxyl groups is 1. The molecule has 1 aromatic heterocycles. The molecule has 2 atom stereocenters. The molecule has 0 aliphatic heterocycles. The molecule has 118 valence electrons. The van der Waals surface area contributed by atoms with Crippen LogP contribution in [0.4, 0.5) is 13.2 Å². The van der Waals surface area contributed by atoms with Gasteiger partial charge in [0.15, 0.2) is 0 Å². The van der Waals surface area contributed by atoms with Gasteiger partial charge in [0, 0.05) is 12.2 Å². The molecule has 2 rings (SSSR count). The molecule has 0 saturated carbocycles. The van der Waals surface area contributed by atoms with E-state index in [2.05, 4.69) is 10.3 Å². The molecular weight excluding hydrogens is 293 g/mol. The molecule has 1 heterocycles. The molecule has 0 saturated heterocycles. The number of nitrogens with zero attached hydrogens (tertiary/aromatic N) is 1. The van der Waals surface area contributed by atoms with E-state index in [4.69, 9.17) is 0 Å². The zero-order valence-electron chi connectivity index (χ0n) is 12.0. The zero-order chi connectivity index (χ0) is 16.1. The van der Waals surface area contributed by atoms with E-state index in [1.165, 1.54) is 24.4 Å². The number of aliphatic hydroxyl groups excluding tert-OH is 1. The van der Waals surface area contributed by atoms with Gasteiger partial charge in [0.25, 0.3) is 6.43 Å². The third kappa shape index (κ3) is 4.05. The van der Waals surface area contributed by atoms with E-state index in [-0.39, 0.29) is 24.2 Å². The normalized spacial score (nSPS) is 14.1. The smallest absolute Gasteiger partial charge is 0.280 e. The Morgan fingerprint density at radius 1 is 1.18 bits per heavy atom. The second-order valence-corrected chi connectivity index (χ2v) is 5.00. The Bertz CT molecular complexity index is 605. The number of rotatable bonds is 6. The SMILES string of the molecule is CC(NC(CO)c1cccc(F)c1)c1ccc(C(F)F)nc1. The minimum absolute atomic E-state index is 0.212. The molecule has 2 aromatic rings. The first-order valence-corrected chi connectivity index (χ1v) is 6.87. The lowest BCUT2D eigenvalue weighted by atomic mass is 10.0. The molecule has 0 amide bonds. The third-order valence-corrected chi connectivity index (χ3v) is 3.42. The maximum atomic E-state index is 13.3. The van der Waals surface area contributed by atoms with Gasteiger partial charge in [0.05, 0.1) is 12.6 Å². The maximum absolute atomic E-state index is 13.3. The van der Waals surface area contributed by atoms with Gasteiger partial charge in [0.2, 0.25) is 0 Å². The molecule has 3 nitrogen and oxygen atoms in total. The van der Waals surface area contributed by atoms with Crippen LogP contribution in [0.3, 0.4) is 0 Å². The molecule has 22 heavy (non-hydrogen) atoms. The molecule has 0 fully saturated rings. The van der Waals surface area contributed by atoms with Crippen molar-refractivity contribution in [2.75, 3.05) is 6.61 Å². The summed E-state index contributed by atoms with van der Waals surface area (Å²) in [6.07, 6.45) is -1.23. The lowest BCUT2D eigenvalue weighted by Gasteiger charge is -2.22. The highest BCUT2D eigenvalue weighted by Gasteiger charge is 2.16. The van der Waals surface area contributed by atoms with Crippen molar-refractivity contribution >= 4 is 0 Å². The average Bonchev–Trinajstić information content (AvgIpc) is 2.52. The number of halogens is 3. The predicted molar refractivity (Wildman–Crippen MR) is 77.0 cm³/mol. The van der Waals surface area contributed by atoms with E-state index in [0.29, 0.717) is 11.1 Å². The molecule has 0 spiro atoms. The summed E-state index contributed by atoms with van der Waals surface area (Å²) in [6.45, 7) is 1.61. The van der Waals surface area contributed by atoms with Gasteiger partial charge in [-0.05, 0) is 36.2 Å². The quantitative estimate of drug-likeness (QED) is 0.858. The Morgan fingerprint density at radius 3 is 2.50 bits per heavy atom. The molecule has 0 aliphatic rings. The Labute approximate surface area is 126 Å². The summed E-state index contributed by atoms with van der Waals surface area (Å²) < 4.78 is 38.2. The molecule has 2 unspecified atom stereocenters. The van der Waals surface area contributed by atoms with Gasteiger partial charge < -0.3 is 10.4 Å². The van der Waals surface area contributed by atoms with Crippen molar-refractivity contribution in [1.82, 2.24) is 10.3 Å². The first-order valence-electron chi connectivity index (χ1n) is 6.87. The Balaban J connectivity index is 2.10. The summed E-state index contributed by atoms with van der Waals surface area (Å²) >= 11 is 0. The number of hydrogen-bond donors (Lipinski definition) is 2. The summed E-state index contributed by atoms with van der Waals surface area (Å²) in [5, 5.41) is 12.6. The van der Waals surface area contributed by atoms with Gasteiger partial charge in [-0.15, -0.1) is 0 Å².